The molecule has 18 heavy (non-hydrogen) atoms. The second-order valence-corrected chi connectivity index (χ2v) is 4.82. The van der Waals surface area contributed by atoms with Crippen LogP contribution in [0.4, 0.5) is 4.79 Å². The largest absolute Gasteiger partial charge is 0.437 e. The van der Waals surface area contributed by atoms with Crippen LogP contribution in [0.25, 0.3) is 0 Å². The molecule has 0 spiro atoms. The Hall–Kier alpha value is -2.02. The third kappa shape index (κ3) is 1.40. The van der Waals surface area contributed by atoms with E-state index in [1.165, 1.54) is 0 Å². The molecule has 2 aliphatic heterocycles. The first kappa shape index (κ1) is 11.1. The topological polar surface area (TPSA) is 53.3 Å². The highest BCUT2D eigenvalue weighted by atomic mass is 16.6. The maximum atomic E-state index is 11.9. The second-order valence-electron chi connectivity index (χ2n) is 4.82. The van der Waals surface area contributed by atoms with Crippen molar-refractivity contribution in [1.29, 1.82) is 5.26 Å². The molecule has 4 nitrogen and oxygen atoms in total. The molecule has 2 fully saturated rings. The molecule has 2 aliphatic rings. The van der Waals surface area contributed by atoms with Gasteiger partial charge >= 0.3 is 6.09 Å². The number of carbonyl (C=O) groups is 1. The van der Waals surface area contributed by atoms with Crippen molar-refractivity contribution >= 4 is 6.09 Å². The van der Waals surface area contributed by atoms with Gasteiger partial charge in [-0.2, -0.15) is 5.26 Å². The molecule has 4 heteroatoms. The molecular formula is C14H14N2O2. The maximum Gasteiger partial charge on any atom is 0.411 e. The smallest absolute Gasteiger partial charge is 0.411 e. The van der Waals surface area contributed by atoms with Crippen LogP contribution in [0.1, 0.15) is 30.9 Å². The summed E-state index contributed by atoms with van der Waals surface area (Å²) in [6.07, 6.45) is 1.78. The predicted molar refractivity (Wildman–Crippen MR) is 64.6 cm³/mol. The first-order valence-electron chi connectivity index (χ1n) is 6.22. The summed E-state index contributed by atoms with van der Waals surface area (Å²) in [6, 6.07) is 11.9. The first-order valence-corrected chi connectivity index (χ1v) is 6.22. The van der Waals surface area contributed by atoms with Gasteiger partial charge in [0.05, 0.1) is 6.07 Å². The summed E-state index contributed by atoms with van der Waals surface area (Å²) >= 11 is 0. The predicted octanol–water partition coefficient (Wildman–Crippen LogP) is 2.63. The van der Waals surface area contributed by atoms with E-state index in [1.54, 1.807) is 4.90 Å². The average molecular weight is 242 g/mol. The summed E-state index contributed by atoms with van der Waals surface area (Å²) in [6.45, 7) is 0.621. The number of rotatable bonds is 1. The molecule has 2 unspecified atom stereocenters. The van der Waals surface area contributed by atoms with Crippen LogP contribution in [-0.4, -0.2) is 23.1 Å². The Morgan fingerprint density at radius 1 is 1.33 bits per heavy atom. The van der Waals surface area contributed by atoms with Crippen molar-refractivity contribution in [2.45, 2.75) is 30.9 Å². The minimum Gasteiger partial charge on any atom is -0.437 e. The number of hydrogen-bond donors (Lipinski definition) is 0. The lowest BCUT2D eigenvalue weighted by molar-refractivity contribution is 0.110. The van der Waals surface area contributed by atoms with Crippen molar-refractivity contribution in [3.8, 4) is 6.07 Å². The molecule has 2 atom stereocenters. The lowest BCUT2D eigenvalue weighted by Crippen LogP contribution is -2.50. The summed E-state index contributed by atoms with van der Waals surface area (Å²) < 4.78 is 5.45. The van der Waals surface area contributed by atoms with Gasteiger partial charge in [-0.25, -0.2) is 4.79 Å². The zero-order valence-electron chi connectivity index (χ0n) is 10.0. The molecule has 2 heterocycles. The molecule has 1 aromatic rings. The fourth-order valence-corrected chi connectivity index (χ4v) is 2.93. The quantitative estimate of drug-likeness (QED) is 0.760. The van der Waals surface area contributed by atoms with E-state index in [2.05, 4.69) is 6.07 Å². The molecular weight excluding hydrogens is 228 g/mol. The highest BCUT2D eigenvalue weighted by molar-refractivity contribution is 5.73. The molecule has 0 aromatic heterocycles. The van der Waals surface area contributed by atoms with Gasteiger partial charge in [0, 0.05) is 6.54 Å². The number of amides is 1. The summed E-state index contributed by atoms with van der Waals surface area (Å²) in [5, 5.41) is 9.58. The highest BCUT2D eigenvalue weighted by Crippen LogP contribution is 2.46. The number of fused-ring (bicyclic) bond motifs is 1. The average Bonchev–Trinajstić information content (AvgIpc) is 2.74. The molecule has 0 saturated carbocycles. The highest BCUT2D eigenvalue weighted by Gasteiger charge is 2.57. The molecule has 1 aromatic carbocycles. The normalized spacial score (nSPS) is 30.5. The van der Waals surface area contributed by atoms with Crippen LogP contribution in [0.15, 0.2) is 30.3 Å². The van der Waals surface area contributed by atoms with Crippen LogP contribution < -0.4 is 0 Å². The van der Waals surface area contributed by atoms with E-state index in [0.717, 1.165) is 18.4 Å². The van der Waals surface area contributed by atoms with Gasteiger partial charge in [0.2, 0.25) is 0 Å². The summed E-state index contributed by atoms with van der Waals surface area (Å²) in [5.41, 5.74) is 0.0910. The van der Waals surface area contributed by atoms with E-state index in [1.807, 2.05) is 30.3 Å². The first-order chi connectivity index (χ1) is 8.78. The number of ether oxygens (including phenoxy) is 1. The molecule has 1 amide bonds. The van der Waals surface area contributed by atoms with Gasteiger partial charge in [-0.15, -0.1) is 0 Å². The van der Waals surface area contributed by atoms with Crippen molar-refractivity contribution in [3.05, 3.63) is 35.9 Å². The van der Waals surface area contributed by atoms with Gasteiger partial charge < -0.3 is 4.74 Å². The van der Waals surface area contributed by atoms with Crippen LogP contribution in [0, 0.1) is 11.3 Å². The van der Waals surface area contributed by atoms with E-state index in [-0.39, 0.29) is 6.09 Å². The fraction of sp³-hybridized carbons (Fsp3) is 0.429. The minimum absolute atomic E-state index is 0.356. The third-order valence-electron chi connectivity index (χ3n) is 3.84. The van der Waals surface area contributed by atoms with E-state index < -0.39 is 11.6 Å². The molecule has 0 bridgehead atoms. The summed E-state index contributed by atoms with van der Waals surface area (Å²) in [5.74, 6) is 0. The van der Waals surface area contributed by atoms with Gasteiger partial charge in [0.15, 0.2) is 11.6 Å². The van der Waals surface area contributed by atoms with Crippen LogP contribution in [0.5, 0.6) is 0 Å². The number of piperidine rings is 1. The zero-order chi connectivity index (χ0) is 12.6. The summed E-state index contributed by atoms with van der Waals surface area (Å²) in [4.78, 5) is 13.5. The second kappa shape index (κ2) is 4.02. The number of carbonyl (C=O) groups excluding carboxylic acids is 1. The van der Waals surface area contributed by atoms with Gasteiger partial charge in [0.1, 0.15) is 0 Å². The van der Waals surface area contributed by atoms with Crippen molar-refractivity contribution < 1.29 is 9.53 Å². The molecule has 0 aliphatic carbocycles. The molecule has 3 rings (SSSR count). The van der Waals surface area contributed by atoms with E-state index in [9.17, 15) is 10.1 Å². The van der Waals surface area contributed by atoms with Crippen LogP contribution in [0.2, 0.25) is 0 Å². The molecule has 2 saturated heterocycles. The minimum atomic E-state index is -0.809. The van der Waals surface area contributed by atoms with Crippen LogP contribution in [0.3, 0.4) is 0 Å². The van der Waals surface area contributed by atoms with Gasteiger partial charge in [-0.05, 0) is 24.8 Å². The Morgan fingerprint density at radius 3 is 2.83 bits per heavy atom. The van der Waals surface area contributed by atoms with Gasteiger partial charge in [-0.3, -0.25) is 4.90 Å². The van der Waals surface area contributed by atoms with Crippen molar-refractivity contribution in [2.75, 3.05) is 6.54 Å². The third-order valence-corrected chi connectivity index (χ3v) is 3.84. The monoisotopic (exact) mass is 242 g/mol. The SMILES string of the molecule is N#CC12CCCCN1C(=O)OC2c1ccccc1. The number of nitriles is 1. The van der Waals surface area contributed by atoms with E-state index >= 15 is 0 Å². The van der Waals surface area contributed by atoms with E-state index in [4.69, 9.17) is 4.74 Å². The number of benzene rings is 1. The van der Waals surface area contributed by atoms with Crippen molar-refractivity contribution in [1.82, 2.24) is 4.90 Å². The number of hydrogen-bond acceptors (Lipinski definition) is 3. The molecule has 92 valence electrons. The fourth-order valence-electron chi connectivity index (χ4n) is 2.93. The Morgan fingerprint density at radius 2 is 2.11 bits per heavy atom. The number of cyclic esters (lactones) is 1. The Balaban J connectivity index is 2.05. The Labute approximate surface area is 106 Å². The summed E-state index contributed by atoms with van der Waals surface area (Å²) in [7, 11) is 0. The van der Waals surface area contributed by atoms with Gasteiger partial charge in [-0.1, -0.05) is 30.3 Å². The van der Waals surface area contributed by atoms with Crippen molar-refractivity contribution in [3.63, 3.8) is 0 Å². The van der Waals surface area contributed by atoms with Gasteiger partial charge in [0.25, 0.3) is 0 Å². The molecule has 0 radical (unpaired) electrons. The maximum absolute atomic E-state index is 11.9. The van der Waals surface area contributed by atoms with Crippen molar-refractivity contribution in [2.24, 2.45) is 0 Å². The zero-order valence-corrected chi connectivity index (χ0v) is 10.0. The van der Waals surface area contributed by atoms with Crippen LogP contribution in [-0.2, 0) is 4.74 Å². The molecule has 0 N–H and O–H groups in total. The Kier molecular flexibility index (Phi) is 2.48. The van der Waals surface area contributed by atoms with E-state index in [0.29, 0.717) is 13.0 Å². The Bertz CT molecular complexity index is 508. The standard InChI is InChI=1S/C14H14N2O2/c15-10-14-8-4-5-9-16(14)13(17)18-12(14)11-6-2-1-3-7-11/h1-3,6-7,12H,4-5,8-9H2. The lowest BCUT2D eigenvalue weighted by atomic mass is 9.81. The lowest BCUT2D eigenvalue weighted by Gasteiger charge is -2.36. The number of nitrogens with zero attached hydrogens (tertiary/aromatic N) is 2. The van der Waals surface area contributed by atoms with Crippen LogP contribution >= 0.6 is 0 Å².